The first kappa shape index (κ1) is 13.6. The van der Waals surface area contributed by atoms with Gasteiger partial charge in [0, 0.05) is 13.1 Å². The average molecular weight is 282 g/mol. The second-order valence-corrected chi connectivity index (χ2v) is 4.97. The Morgan fingerprint density at radius 2 is 2.18 bits per heavy atom. The van der Waals surface area contributed by atoms with Crippen LogP contribution in [0.3, 0.4) is 0 Å². The summed E-state index contributed by atoms with van der Waals surface area (Å²) in [6, 6.07) is 1.13. The summed E-state index contributed by atoms with van der Waals surface area (Å²) < 4.78 is 26.3. The van der Waals surface area contributed by atoms with Crippen molar-refractivity contribution in [3.63, 3.8) is 0 Å². The molecular formula is C7H8ClN3O5S. The highest BCUT2D eigenvalue weighted by atomic mass is 35.5. The third kappa shape index (κ3) is 3.80. The number of hydroxylamine groups is 1. The van der Waals surface area contributed by atoms with Gasteiger partial charge in [0.05, 0.1) is 11.2 Å². The molecular weight excluding hydrogens is 274 g/mol. The van der Waals surface area contributed by atoms with Crippen LogP contribution in [0, 0.1) is 10.1 Å². The zero-order chi connectivity index (χ0) is 13.2. The van der Waals surface area contributed by atoms with E-state index in [1.54, 1.807) is 0 Å². The van der Waals surface area contributed by atoms with Gasteiger partial charge in [-0.2, -0.15) is 8.42 Å². The number of anilines is 1. The van der Waals surface area contributed by atoms with Gasteiger partial charge in [0.1, 0.15) is 17.0 Å². The Hall–Kier alpha value is -1.45. The van der Waals surface area contributed by atoms with Gasteiger partial charge < -0.3 is 0 Å². The summed E-state index contributed by atoms with van der Waals surface area (Å²) in [5.74, 6) is 0. The molecule has 0 aliphatic rings. The summed E-state index contributed by atoms with van der Waals surface area (Å²) in [7, 11) is -2.58. The van der Waals surface area contributed by atoms with Crippen molar-refractivity contribution < 1.29 is 17.6 Å². The van der Waals surface area contributed by atoms with Crippen molar-refractivity contribution >= 4 is 33.1 Å². The summed E-state index contributed by atoms with van der Waals surface area (Å²) in [6.07, 6.45) is 1.73. The molecule has 8 nitrogen and oxygen atoms in total. The van der Waals surface area contributed by atoms with Crippen molar-refractivity contribution in [2.24, 2.45) is 0 Å². The van der Waals surface area contributed by atoms with Crippen molar-refractivity contribution in [1.82, 2.24) is 4.98 Å². The van der Waals surface area contributed by atoms with Crippen LogP contribution >= 0.6 is 11.6 Å². The summed E-state index contributed by atoms with van der Waals surface area (Å²) in [5, 5.41) is 11.4. The molecule has 0 bridgehead atoms. The molecule has 0 radical (unpaired) electrons. The van der Waals surface area contributed by atoms with Crippen LogP contribution in [0.15, 0.2) is 12.3 Å². The third-order valence-corrected chi connectivity index (χ3v) is 2.31. The topological polar surface area (TPSA) is 103 Å². The Labute approximate surface area is 102 Å². The Kier molecular flexibility index (Phi) is 3.86. The fourth-order valence-electron chi connectivity index (χ4n) is 1.05. The Bertz CT molecular complexity index is 546. The van der Waals surface area contributed by atoms with E-state index in [2.05, 4.69) is 9.27 Å². The molecule has 94 valence electrons. The molecule has 0 fully saturated rings. The lowest BCUT2D eigenvalue weighted by molar-refractivity contribution is -0.384. The van der Waals surface area contributed by atoms with Crippen LogP contribution in [0.1, 0.15) is 0 Å². The van der Waals surface area contributed by atoms with E-state index < -0.39 is 20.7 Å². The lowest BCUT2D eigenvalue weighted by Gasteiger charge is -2.16. The highest BCUT2D eigenvalue weighted by molar-refractivity contribution is 7.86. The van der Waals surface area contributed by atoms with Gasteiger partial charge in [0.2, 0.25) is 0 Å². The summed E-state index contributed by atoms with van der Waals surface area (Å²) in [6.45, 7) is 0. The Morgan fingerprint density at radius 3 is 2.65 bits per heavy atom. The largest absolute Gasteiger partial charge is 0.313 e. The number of pyridine rings is 1. The molecule has 0 saturated carbocycles. The van der Waals surface area contributed by atoms with Crippen molar-refractivity contribution in [2.75, 3.05) is 18.4 Å². The molecule has 0 unspecified atom stereocenters. The predicted molar refractivity (Wildman–Crippen MR) is 60.2 cm³/mol. The molecule has 1 aromatic rings. The molecule has 1 aromatic heterocycles. The molecule has 0 saturated heterocycles. The maximum absolute atomic E-state index is 10.9. The van der Waals surface area contributed by atoms with E-state index >= 15 is 0 Å². The molecule has 0 amide bonds. The number of halogens is 1. The maximum Gasteiger partial charge on any atom is 0.313 e. The number of nitrogens with zero attached hydrogens (tertiary/aromatic N) is 3. The maximum atomic E-state index is 10.9. The molecule has 0 atom stereocenters. The second-order valence-electron chi connectivity index (χ2n) is 3.03. The lowest BCUT2D eigenvalue weighted by atomic mass is 10.3. The first-order valence-corrected chi connectivity index (χ1v) is 6.33. The number of hydrogen-bond donors (Lipinski definition) is 0. The van der Waals surface area contributed by atoms with Crippen molar-refractivity contribution in [2.45, 2.75) is 0 Å². The van der Waals surface area contributed by atoms with Crippen LogP contribution in [0.2, 0.25) is 5.15 Å². The third-order valence-electron chi connectivity index (χ3n) is 1.61. The van der Waals surface area contributed by atoms with Crippen LogP contribution in [-0.4, -0.2) is 31.6 Å². The molecule has 0 aliphatic heterocycles. The van der Waals surface area contributed by atoms with Gasteiger partial charge in [-0.25, -0.2) is 10.0 Å². The van der Waals surface area contributed by atoms with Gasteiger partial charge in [0.25, 0.3) is 10.1 Å². The van der Waals surface area contributed by atoms with Gasteiger partial charge in [0.15, 0.2) is 0 Å². The van der Waals surface area contributed by atoms with E-state index in [-0.39, 0.29) is 10.8 Å². The number of hydrogen-bond acceptors (Lipinski definition) is 7. The zero-order valence-electron chi connectivity index (χ0n) is 8.82. The van der Waals surface area contributed by atoms with Gasteiger partial charge in [-0.05, 0) is 0 Å². The lowest BCUT2D eigenvalue weighted by Crippen LogP contribution is -2.22. The van der Waals surface area contributed by atoms with Crippen LogP contribution in [0.5, 0.6) is 0 Å². The minimum absolute atomic E-state index is 0.0189. The second kappa shape index (κ2) is 4.82. The van der Waals surface area contributed by atoms with Crippen LogP contribution < -0.4 is 5.06 Å². The molecule has 1 heterocycles. The average Bonchev–Trinajstić information content (AvgIpc) is 2.14. The van der Waals surface area contributed by atoms with Crippen LogP contribution in [0.25, 0.3) is 0 Å². The first-order chi connectivity index (χ1) is 7.70. The van der Waals surface area contributed by atoms with E-state index in [0.717, 1.165) is 23.6 Å². The number of rotatable bonds is 4. The SMILES string of the molecule is CN(OS(C)(=O)=O)c1cc(Cl)ncc1[N+](=O)[O-]. The fourth-order valence-corrected chi connectivity index (χ4v) is 1.69. The number of nitro groups is 1. The molecule has 17 heavy (non-hydrogen) atoms. The van der Waals surface area contributed by atoms with Crippen molar-refractivity contribution in [3.05, 3.63) is 27.5 Å². The monoisotopic (exact) mass is 281 g/mol. The quantitative estimate of drug-likeness (QED) is 0.460. The summed E-state index contributed by atoms with van der Waals surface area (Å²) in [5.41, 5.74) is -0.527. The normalized spacial score (nSPS) is 11.2. The Balaban J connectivity index is 3.19. The molecule has 10 heteroatoms. The van der Waals surface area contributed by atoms with E-state index in [9.17, 15) is 18.5 Å². The van der Waals surface area contributed by atoms with Crippen molar-refractivity contribution in [3.8, 4) is 0 Å². The van der Waals surface area contributed by atoms with E-state index in [4.69, 9.17) is 11.6 Å². The first-order valence-electron chi connectivity index (χ1n) is 4.14. The predicted octanol–water partition coefficient (Wildman–Crippen LogP) is 0.971. The van der Waals surface area contributed by atoms with Gasteiger partial charge in [-0.15, -0.1) is 4.28 Å². The van der Waals surface area contributed by atoms with Crippen LogP contribution in [-0.2, 0) is 14.4 Å². The van der Waals surface area contributed by atoms with E-state index in [1.165, 1.54) is 7.05 Å². The van der Waals surface area contributed by atoms with Crippen LogP contribution in [0.4, 0.5) is 11.4 Å². The number of aromatic nitrogens is 1. The minimum atomic E-state index is -3.79. The molecule has 0 N–H and O–H groups in total. The minimum Gasteiger partial charge on any atom is -0.258 e. The smallest absolute Gasteiger partial charge is 0.258 e. The summed E-state index contributed by atoms with van der Waals surface area (Å²) in [4.78, 5) is 13.5. The molecule has 0 aliphatic carbocycles. The fraction of sp³-hybridized carbons (Fsp3) is 0.286. The van der Waals surface area contributed by atoms with Gasteiger partial charge in [-0.3, -0.25) is 10.1 Å². The highest BCUT2D eigenvalue weighted by Crippen LogP contribution is 2.29. The van der Waals surface area contributed by atoms with E-state index in [1.807, 2.05) is 0 Å². The van der Waals surface area contributed by atoms with Gasteiger partial charge >= 0.3 is 5.69 Å². The standard InChI is InChI=1S/C7H8ClN3O5S/c1-10(16-17(2,14)15)5-3-7(8)9-4-6(5)11(12)13/h3-4H,1-2H3. The van der Waals surface area contributed by atoms with Gasteiger partial charge in [-0.1, -0.05) is 11.6 Å². The van der Waals surface area contributed by atoms with E-state index in [0.29, 0.717) is 0 Å². The van der Waals surface area contributed by atoms with Crippen molar-refractivity contribution in [1.29, 1.82) is 0 Å². The summed E-state index contributed by atoms with van der Waals surface area (Å²) >= 11 is 5.57. The molecule has 0 spiro atoms. The molecule has 1 rings (SSSR count). The highest BCUT2D eigenvalue weighted by Gasteiger charge is 2.21. The zero-order valence-corrected chi connectivity index (χ0v) is 10.4. The Morgan fingerprint density at radius 1 is 1.59 bits per heavy atom. The molecule has 0 aromatic carbocycles.